The first kappa shape index (κ1) is 41.0. The van der Waals surface area contributed by atoms with Crippen LogP contribution in [0.3, 0.4) is 0 Å². The quantitative estimate of drug-likeness (QED) is 0.175. The zero-order chi connectivity index (χ0) is 26.9. The first-order valence-electron chi connectivity index (χ1n) is 9.71. The van der Waals surface area contributed by atoms with E-state index in [0.717, 1.165) is 0 Å². The van der Waals surface area contributed by atoms with E-state index in [4.69, 9.17) is 20.4 Å². The number of allylic oxidation sites excluding steroid dienone is 8. The second-order valence-electron chi connectivity index (χ2n) is 7.07. The van der Waals surface area contributed by atoms with Crippen molar-refractivity contribution in [1.82, 2.24) is 0 Å². The molecule has 0 heterocycles. The second-order valence-corrected chi connectivity index (χ2v) is 7.07. The molecule has 0 aromatic carbocycles. The van der Waals surface area contributed by atoms with Gasteiger partial charge < -0.3 is 20.4 Å². The first-order valence-corrected chi connectivity index (χ1v) is 9.71. The van der Waals surface area contributed by atoms with Gasteiger partial charge in [0.1, 0.15) is 0 Å². The molecule has 0 radical (unpaired) electrons. The molecule has 0 unspecified atom stereocenters. The van der Waals surface area contributed by atoms with E-state index in [2.05, 4.69) is 0 Å². The van der Waals surface area contributed by atoms with Gasteiger partial charge in [0.15, 0.2) is 23.1 Å². The van der Waals surface area contributed by atoms with Crippen LogP contribution in [0.15, 0.2) is 45.3 Å². The summed E-state index contributed by atoms with van der Waals surface area (Å²) in [5.41, 5.74) is 1.74. The molecule has 188 valence electrons. The number of aliphatic hydroxyl groups is 4. The van der Waals surface area contributed by atoms with E-state index in [-0.39, 0.29) is 72.0 Å². The van der Waals surface area contributed by atoms with Crippen molar-refractivity contribution in [3.05, 3.63) is 45.3 Å². The SMILES string of the molecule is CC(=O)C(C)=C(C)O.CC(=O)C(C)=C(C)O.CC(=O)C(C)=C(C)O.CC(=O)C(C)=C(C)O.[Hf]. The van der Waals surface area contributed by atoms with Crippen LogP contribution in [-0.2, 0) is 45.0 Å². The van der Waals surface area contributed by atoms with E-state index >= 15 is 0 Å². The number of hydrogen-bond acceptors (Lipinski definition) is 8. The number of carbonyl (C=O) groups excluding carboxylic acids is 4. The Bertz CT molecular complexity index is 660. The average Bonchev–Trinajstić information content (AvgIpc) is 2.65. The predicted octanol–water partition coefficient (Wildman–Crippen LogP) is 5.71. The Morgan fingerprint density at radius 3 is 0.424 bits per heavy atom. The van der Waals surface area contributed by atoms with E-state index in [1.807, 2.05) is 0 Å². The van der Waals surface area contributed by atoms with Crippen LogP contribution >= 0.6 is 0 Å². The fourth-order valence-electron chi connectivity index (χ4n) is 1.02. The number of carbonyl (C=O) groups is 4. The second kappa shape index (κ2) is 21.6. The molecule has 0 rings (SSSR count). The molecule has 0 aliphatic rings. The van der Waals surface area contributed by atoms with Gasteiger partial charge in [-0.2, -0.15) is 0 Å². The Balaban J connectivity index is -0.000000105. The molecular formula is C24H40HfO8. The maximum atomic E-state index is 10.4. The Kier molecular flexibility index (Phi) is 26.8. The summed E-state index contributed by atoms with van der Waals surface area (Å²) in [5.74, 6) is 0.120. The molecule has 0 amide bonds. The summed E-state index contributed by atoms with van der Waals surface area (Å²) in [5, 5.41) is 34.6. The molecular weight excluding hydrogens is 595 g/mol. The van der Waals surface area contributed by atoms with E-state index in [9.17, 15) is 19.2 Å². The smallest absolute Gasteiger partial charge is 0.158 e. The van der Waals surface area contributed by atoms with Crippen LogP contribution in [0.1, 0.15) is 83.1 Å². The van der Waals surface area contributed by atoms with Crippen molar-refractivity contribution >= 4 is 23.1 Å². The Hall–Kier alpha value is -2.29. The molecule has 0 spiro atoms. The van der Waals surface area contributed by atoms with Crippen LogP contribution in [0.5, 0.6) is 0 Å². The molecule has 0 atom stereocenters. The average molecular weight is 635 g/mol. The van der Waals surface area contributed by atoms with Crippen LogP contribution in [0.4, 0.5) is 0 Å². The number of ketones is 4. The number of rotatable bonds is 4. The largest absolute Gasteiger partial charge is 0.512 e. The van der Waals surface area contributed by atoms with Gasteiger partial charge in [-0.15, -0.1) is 0 Å². The van der Waals surface area contributed by atoms with Gasteiger partial charge in [0.2, 0.25) is 0 Å². The Morgan fingerprint density at radius 2 is 0.424 bits per heavy atom. The summed E-state index contributed by atoms with van der Waals surface area (Å²) < 4.78 is 0. The summed E-state index contributed by atoms with van der Waals surface area (Å²) in [7, 11) is 0. The van der Waals surface area contributed by atoms with E-state index in [1.165, 1.54) is 55.4 Å². The number of hydrogen-bond donors (Lipinski definition) is 4. The number of aliphatic hydroxyl groups excluding tert-OH is 4. The van der Waals surface area contributed by atoms with Gasteiger partial charge >= 0.3 is 0 Å². The van der Waals surface area contributed by atoms with E-state index in [1.54, 1.807) is 27.7 Å². The minimum Gasteiger partial charge on any atom is -0.512 e. The molecule has 0 saturated heterocycles. The van der Waals surface area contributed by atoms with Crippen molar-refractivity contribution in [3.63, 3.8) is 0 Å². The summed E-state index contributed by atoms with van der Waals surface area (Å²) in [6.07, 6.45) is 0. The zero-order valence-corrected chi connectivity index (χ0v) is 25.5. The third-order valence-corrected chi connectivity index (χ3v) is 4.28. The van der Waals surface area contributed by atoms with Crippen molar-refractivity contribution in [2.24, 2.45) is 0 Å². The fraction of sp³-hybridized carbons (Fsp3) is 0.500. The van der Waals surface area contributed by atoms with Gasteiger partial charge in [-0.3, -0.25) is 19.2 Å². The monoisotopic (exact) mass is 636 g/mol. The Labute approximate surface area is 216 Å². The third-order valence-electron chi connectivity index (χ3n) is 4.28. The van der Waals surface area contributed by atoms with Crippen LogP contribution in [-0.4, -0.2) is 43.6 Å². The fourth-order valence-corrected chi connectivity index (χ4v) is 1.02. The molecule has 9 heteroatoms. The van der Waals surface area contributed by atoms with Crippen LogP contribution in [0.2, 0.25) is 0 Å². The molecule has 8 nitrogen and oxygen atoms in total. The van der Waals surface area contributed by atoms with Crippen LogP contribution in [0, 0.1) is 0 Å². The van der Waals surface area contributed by atoms with Crippen molar-refractivity contribution in [3.8, 4) is 0 Å². The van der Waals surface area contributed by atoms with E-state index in [0.29, 0.717) is 22.3 Å². The summed E-state index contributed by atoms with van der Waals surface area (Å²) in [6.45, 7) is 18.1. The molecule has 0 bridgehead atoms. The van der Waals surface area contributed by atoms with Crippen molar-refractivity contribution < 1.29 is 65.4 Å². The van der Waals surface area contributed by atoms with Crippen molar-refractivity contribution in [1.29, 1.82) is 0 Å². The van der Waals surface area contributed by atoms with Gasteiger partial charge in [-0.1, -0.05) is 0 Å². The molecule has 33 heavy (non-hydrogen) atoms. The molecule has 0 fully saturated rings. The van der Waals surface area contributed by atoms with Gasteiger partial charge in [0, 0.05) is 48.1 Å². The van der Waals surface area contributed by atoms with Crippen molar-refractivity contribution in [2.45, 2.75) is 83.1 Å². The minimum absolute atomic E-state index is 0. The number of Topliss-reactive ketones (excluding diaryl/α,β-unsaturated/α-hetero) is 4. The summed E-state index contributed by atoms with van der Waals surface area (Å²) >= 11 is 0. The Morgan fingerprint density at radius 1 is 0.333 bits per heavy atom. The van der Waals surface area contributed by atoms with E-state index < -0.39 is 0 Å². The molecule has 0 aromatic rings. The van der Waals surface area contributed by atoms with Gasteiger partial charge in [0.05, 0.1) is 23.0 Å². The molecule has 4 N–H and O–H groups in total. The topological polar surface area (TPSA) is 149 Å². The molecule has 0 saturated carbocycles. The first-order chi connectivity index (χ1) is 14.2. The summed E-state index contributed by atoms with van der Waals surface area (Å²) in [6, 6.07) is 0. The minimum atomic E-state index is -0.0787. The standard InChI is InChI=1S/4C6H10O2.Hf/c4*1-4(5(2)7)6(3)8;/h4*7H,1-3H3;. The van der Waals surface area contributed by atoms with Crippen LogP contribution < -0.4 is 0 Å². The molecule has 0 aromatic heterocycles. The maximum Gasteiger partial charge on any atom is 0.158 e. The molecule has 0 aliphatic heterocycles. The normalized spacial score (nSPS) is 12.5. The van der Waals surface area contributed by atoms with Gasteiger partial charge in [0.25, 0.3) is 0 Å². The third kappa shape index (κ3) is 25.8. The van der Waals surface area contributed by atoms with Gasteiger partial charge in [-0.05, 0) is 83.1 Å². The molecule has 0 aliphatic carbocycles. The van der Waals surface area contributed by atoms with Crippen molar-refractivity contribution in [2.75, 3.05) is 0 Å². The predicted molar refractivity (Wildman–Crippen MR) is 127 cm³/mol. The van der Waals surface area contributed by atoms with Gasteiger partial charge in [-0.25, -0.2) is 0 Å². The summed E-state index contributed by atoms with van der Waals surface area (Å²) in [4.78, 5) is 41.5. The zero-order valence-electron chi connectivity index (χ0n) is 21.9. The van der Waals surface area contributed by atoms with Crippen LogP contribution in [0.25, 0.3) is 0 Å². The maximum absolute atomic E-state index is 10.4.